The highest BCUT2D eigenvalue weighted by atomic mass is 35.5. The third kappa shape index (κ3) is 7.09. The van der Waals surface area contributed by atoms with Gasteiger partial charge in [-0.15, -0.1) is 0 Å². The third-order valence-electron chi connectivity index (χ3n) is 5.89. The van der Waals surface area contributed by atoms with E-state index >= 15 is 0 Å². The topological polar surface area (TPSA) is 78.6 Å². The summed E-state index contributed by atoms with van der Waals surface area (Å²) in [6, 6.07) is 28.1. The average molecular weight is 549 g/mol. The van der Waals surface area contributed by atoms with E-state index in [-0.39, 0.29) is 12.3 Å². The Kier molecular flexibility index (Phi) is 8.76. The zero-order valence-electron chi connectivity index (χ0n) is 21.4. The normalized spacial score (nSPS) is 11.9. The second kappa shape index (κ2) is 13.2. The van der Waals surface area contributed by atoms with Gasteiger partial charge in [-0.25, -0.2) is 4.98 Å². The first-order chi connectivity index (χ1) is 19.7. The number of oxime groups is 1. The molecular formula is C32H25ClN4O3. The van der Waals surface area contributed by atoms with Gasteiger partial charge in [-0.1, -0.05) is 71.4 Å². The summed E-state index contributed by atoms with van der Waals surface area (Å²) >= 11 is 6.21. The molecule has 0 amide bonds. The first kappa shape index (κ1) is 26.6. The summed E-state index contributed by atoms with van der Waals surface area (Å²) in [6.45, 7) is 0.306. The van der Waals surface area contributed by atoms with Gasteiger partial charge in [0.2, 0.25) is 0 Å². The summed E-state index contributed by atoms with van der Waals surface area (Å²) in [7, 11) is 0. The van der Waals surface area contributed by atoms with E-state index in [4.69, 9.17) is 21.2 Å². The van der Waals surface area contributed by atoms with Crippen molar-refractivity contribution in [3.8, 4) is 5.75 Å². The predicted molar refractivity (Wildman–Crippen MR) is 159 cm³/mol. The minimum absolute atomic E-state index is 0.0805. The molecule has 0 saturated carbocycles. The maximum atomic E-state index is 12.7. The van der Waals surface area contributed by atoms with Gasteiger partial charge in [0.1, 0.15) is 24.4 Å². The van der Waals surface area contributed by atoms with Crippen molar-refractivity contribution in [1.82, 2.24) is 14.5 Å². The molecule has 0 atom stereocenters. The Labute approximate surface area is 236 Å². The van der Waals surface area contributed by atoms with Crippen LogP contribution in [0.1, 0.15) is 16.8 Å². The van der Waals surface area contributed by atoms with Crippen LogP contribution in [0.25, 0.3) is 23.1 Å². The van der Waals surface area contributed by atoms with E-state index in [0.717, 1.165) is 22.6 Å². The molecule has 7 nitrogen and oxygen atoms in total. The van der Waals surface area contributed by atoms with Crippen molar-refractivity contribution in [2.75, 3.05) is 0 Å². The molecule has 198 valence electrons. The standard InChI is InChI=1S/C32H25ClN4O3/c33-30-10-3-1-7-25(30)21-39-28-18-13-24(14-19-28)12-15-27(17-16-26-8-5-6-20-34-26)36-40-23-37-22-35-31-11-4-2-9-29(31)32(37)38/h1-20,22H,21,23H2/b15-12+,17-16+,36-27-. The summed E-state index contributed by atoms with van der Waals surface area (Å²) in [4.78, 5) is 26.9. The lowest BCUT2D eigenvalue weighted by atomic mass is 10.1. The number of para-hydroxylation sites is 1. The molecule has 0 aliphatic rings. The van der Waals surface area contributed by atoms with Crippen molar-refractivity contribution in [2.45, 2.75) is 13.3 Å². The molecule has 0 bridgehead atoms. The Balaban J connectivity index is 1.28. The molecule has 3 aromatic carbocycles. The fourth-order valence-corrected chi connectivity index (χ4v) is 3.95. The first-order valence-electron chi connectivity index (χ1n) is 12.5. The van der Waals surface area contributed by atoms with Crippen molar-refractivity contribution in [3.63, 3.8) is 0 Å². The van der Waals surface area contributed by atoms with Gasteiger partial charge in [-0.2, -0.15) is 0 Å². The number of aromatic nitrogens is 3. The first-order valence-corrected chi connectivity index (χ1v) is 12.9. The van der Waals surface area contributed by atoms with Gasteiger partial charge in [0.15, 0.2) is 6.73 Å². The van der Waals surface area contributed by atoms with Gasteiger partial charge in [-0.3, -0.25) is 14.3 Å². The Morgan fingerprint density at radius 1 is 0.875 bits per heavy atom. The summed E-state index contributed by atoms with van der Waals surface area (Å²) in [6.07, 6.45) is 10.5. The van der Waals surface area contributed by atoms with Gasteiger partial charge in [0, 0.05) is 16.8 Å². The number of hydrogen-bond acceptors (Lipinski definition) is 6. The maximum Gasteiger partial charge on any atom is 0.264 e. The summed E-state index contributed by atoms with van der Waals surface area (Å²) in [5.41, 5.74) is 3.62. The average Bonchev–Trinajstić information content (AvgIpc) is 3.00. The molecule has 0 aliphatic heterocycles. The molecule has 8 heteroatoms. The summed E-state index contributed by atoms with van der Waals surface area (Å²) < 4.78 is 7.24. The fourth-order valence-electron chi connectivity index (χ4n) is 3.76. The van der Waals surface area contributed by atoms with Crippen molar-refractivity contribution in [2.24, 2.45) is 5.16 Å². The molecule has 40 heavy (non-hydrogen) atoms. The summed E-state index contributed by atoms with van der Waals surface area (Å²) in [5.74, 6) is 0.735. The van der Waals surface area contributed by atoms with Gasteiger partial charge in [0.05, 0.1) is 16.6 Å². The number of hydrogen-bond donors (Lipinski definition) is 0. The molecule has 0 saturated heterocycles. The van der Waals surface area contributed by atoms with Crippen molar-refractivity contribution >= 4 is 40.4 Å². The van der Waals surface area contributed by atoms with Crippen molar-refractivity contribution < 1.29 is 9.57 Å². The highest BCUT2D eigenvalue weighted by Crippen LogP contribution is 2.19. The molecule has 0 fully saturated rings. The molecule has 0 aliphatic carbocycles. The fraction of sp³-hybridized carbons (Fsp3) is 0.0625. The molecule has 2 heterocycles. The SMILES string of the molecule is O=c1c2ccccc2ncn1CO/N=C(/C=C/c1ccc(OCc2ccccc2Cl)cc1)\C=C\c1ccccn1. The lowest BCUT2D eigenvalue weighted by Gasteiger charge is -2.08. The third-order valence-corrected chi connectivity index (χ3v) is 6.26. The minimum atomic E-state index is -0.196. The van der Waals surface area contributed by atoms with E-state index in [1.54, 1.807) is 30.5 Å². The second-order valence-corrected chi connectivity index (χ2v) is 9.09. The monoisotopic (exact) mass is 548 g/mol. The lowest BCUT2D eigenvalue weighted by molar-refractivity contribution is 0.0816. The van der Waals surface area contributed by atoms with Crippen LogP contribution in [-0.4, -0.2) is 20.2 Å². The quantitative estimate of drug-likeness (QED) is 0.142. The molecule has 5 aromatic rings. The number of halogens is 1. The van der Waals surface area contributed by atoms with Crippen LogP contribution in [0.3, 0.4) is 0 Å². The smallest absolute Gasteiger partial charge is 0.264 e. The van der Waals surface area contributed by atoms with Crippen molar-refractivity contribution in [3.05, 3.63) is 148 Å². The van der Waals surface area contributed by atoms with Crippen LogP contribution in [0.4, 0.5) is 0 Å². The summed E-state index contributed by atoms with van der Waals surface area (Å²) in [5, 5.41) is 5.45. The Bertz CT molecular complexity index is 1730. The van der Waals surface area contributed by atoms with E-state index < -0.39 is 0 Å². The largest absolute Gasteiger partial charge is 0.489 e. The molecule has 5 rings (SSSR count). The minimum Gasteiger partial charge on any atom is -0.489 e. The van der Waals surface area contributed by atoms with E-state index in [9.17, 15) is 4.79 Å². The zero-order valence-corrected chi connectivity index (χ0v) is 22.2. The van der Waals surface area contributed by atoms with Gasteiger partial charge >= 0.3 is 0 Å². The second-order valence-electron chi connectivity index (χ2n) is 8.68. The number of rotatable bonds is 10. The number of nitrogens with zero attached hydrogens (tertiary/aromatic N) is 4. The number of ether oxygens (including phenoxy) is 1. The molecule has 0 unspecified atom stereocenters. The van der Waals surface area contributed by atoms with Crippen molar-refractivity contribution in [1.29, 1.82) is 0 Å². The molecule has 0 N–H and O–H groups in total. The van der Waals surface area contributed by atoms with Gasteiger partial charge in [0.25, 0.3) is 5.56 Å². The number of allylic oxidation sites excluding steroid dienone is 2. The Morgan fingerprint density at radius 3 is 2.48 bits per heavy atom. The van der Waals surface area contributed by atoms with E-state index in [2.05, 4.69) is 15.1 Å². The van der Waals surface area contributed by atoms with Crippen LogP contribution in [0, 0.1) is 0 Å². The van der Waals surface area contributed by atoms with Gasteiger partial charge in [-0.05, 0) is 66.3 Å². The predicted octanol–water partition coefficient (Wildman–Crippen LogP) is 6.78. The number of pyridine rings is 1. The van der Waals surface area contributed by atoms with Crippen LogP contribution in [0.15, 0.2) is 126 Å². The van der Waals surface area contributed by atoms with E-state index in [1.807, 2.05) is 91.0 Å². The number of benzene rings is 3. The Morgan fingerprint density at radius 2 is 1.65 bits per heavy atom. The lowest BCUT2D eigenvalue weighted by Crippen LogP contribution is -2.21. The maximum absolute atomic E-state index is 12.7. The highest BCUT2D eigenvalue weighted by Gasteiger charge is 2.04. The van der Waals surface area contributed by atoms with Crippen LogP contribution < -0.4 is 10.3 Å². The van der Waals surface area contributed by atoms with Gasteiger partial charge < -0.3 is 9.57 Å². The Hall–Kier alpha value is -5.01. The highest BCUT2D eigenvalue weighted by molar-refractivity contribution is 6.31. The molecular weight excluding hydrogens is 524 g/mol. The van der Waals surface area contributed by atoms with Crippen LogP contribution in [-0.2, 0) is 18.2 Å². The van der Waals surface area contributed by atoms with Crippen LogP contribution in [0.2, 0.25) is 5.02 Å². The number of fused-ring (bicyclic) bond motifs is 1. The van der Waals surface area contributed by atoms with Crippen LogP contribution in [0.5, 0.6) is 5.75 Å². The van der Waals surface area contributed by atoms with E-state index in [0.29, 0.717) is 28.2 Å². The molecule has 2 aromatic heterocycles. The molecule has 0 spiro atoms. The van der Waals surface area contributed by atoms with E-state index in [1.165, 1.54) is 10.9 Å². The zero-order chi connectivity index (χ0) is 27.6. The van der Waals surface area contributed by atoms with Crippen LogP contribution >= 0.6 is 11.6 Å². The molecule has 0 radical (unpaired) electrons.